The molecule has 1 saturated carbocycles. The fraction of sp³-hybridized carbons (Fsp3) is 0.857. The largest absolute Gasteiger partial charge is 0.481 e. The fourth-order valence-electron chi connectivity index (χ4n) is 1.51. The number of carboxylic acid groups (broad SMARTS) is 1. The van der Waals surface area contributed by atoms with Crippen molar-refractivity contribution in [2.24, 2.45) is 5.92 Å². The lowest BCUT2D eigenvalue weighted by Crippen LogP contribution is -2.26. The number of carbonyl (C=O) groups is 1. The van der Waals surface area contributed by atoms with Crippen LogP contribution in [0.4, 0.5) is 0 Å². The van der Waals surface area contributed by atoms with E-state index in [0.29, 0.717) is 25.7 Å². The highest BCUT2D eigenvalue weighted by Crippen LogP contribution is 2.26. The molecule has 0 aliphatic heterocycles. The molecule has 0 heterocycles. The fourth-order valence-corrected chi connectivity index (χ4v) is 2.19. The molecule has 0 aromatic heterocycles. The lowest BCUT2D eigenvalue weighted by molar-refractivity contribution is -0.142. The van der Waals surface area contributed by atoms with Crippen LogP contribution in [0.5, 0.6) is 0 Å². The molecule has 2 N–H and O–H groups in total. The van der Waals surface area contributed by atoms with Gasteiger partial charge in [0.25, 0.3) is 0 Å². The Morgan fingerprint density at radius 3 is 2.08 bits per heavy atom. The monoisotopic (exact) mass is 192 g/mol. The molecule has 1 aliphatic rings. The third-order valence-corrected chi connectivity index (χ3v) is 3.35. The van der Waals surface area contributed by atoms with Crippen LogP contribution in [0.2, 0.25) is 0 Å². The van der Waals surface area contributed by atoms with Gasteiger partial charge in [-0.15, -0.1) is 0 Å². The predicted molar refractivity (Wildman–Crippen MR) is 44.2 cm³/mol. The molecule has 5 heteroatoms. The molecule has 0 amide bonds. The predicted octanol–water partition coefficient (Wildman–Crippen LogP) is 0.852. The van der Waals surface area contributed by atoms with E-state index < -0.39 is 17.0 Å². The first kappa shape index (κ1) is 9.67. The Bertz CT molecular complexity index is 174. The number of carboxylic acids is 1. The summed E-state index contributed by atoms with van der Waals surface area (Å²) in [5.74, 6) is -1.08. The molecular weight excluding hydrogens is 180 g/mol. The second-order valence-corrected chi connectivity index (χ2v) is 4.31. The van der Waals surface area contributed by atoms with Gasteiger partial charge in [-0.3, -0.25) is 4.79 Å². The van der Waals surface area contributed by atoms with E-state index in [1.165, 1.54) is 0 Å². The number of hydrogen-bond donors (Lipinski definition) is 2. The summed E-state index contributed by atoms with van der Waals surface area (Å²) < 4.78 is 19.3. The van der Waals surface area contributed by atoms with E-state index >= 15 is 0 Å². The summed E-state index contributed by atoms with van der Waals surface area (Å²) >= 11 is -1.77. The van der Waals surface area contributed by atoms with Gasteiger partial charge in [-0.25, -0.2) is 4.21 Å². The van der Waals surface area contributed by atoms with Crippen molar-refractivity contribution in [1.82, 2.24) is 0 Å². The number of hydrogen-bond acceptors (Lipinski definition) is 2. The molecule has 0 radical (unpaired) electrons. The van der Waals surface area contributed by atoms with Crippen molar-refractivity contribution < 1.29 is 18.7 Å². The van der Waals surface area contributed by atoms with Gasteiger partial charge in [0.2, 0.25) is 0 Å². The molecule has 0 saturated heterocycles. The minimum absolute atomic E-state index is 0.208. The van der Waals surface area contributed by atoms with Crippen molar-refractivity contribution in [2.45, 2.75) is 30.9 Å². The molecule has 12 heavy (non-hydrogen) atoms. The Morgan fingerprint density at radius 1 is 1.25 bits per heavy atom. The van der Waals surface area contributed by atoms with Crippen LogP contribution in [0, 0.1) is 5.92 Å². The van der Waals surface area contributed by atoms with Gasteiger partial charge in [0.15, 0.2) is 11.1 Å². The van der Waals surface area contributed by atoms with Crippen LogP contribution < -0.4 is 0 Å². The Hall–Kier alpha value is -0.420. The zero-order valence-electron chi connectivity index (χ0n) is 6.60. The zero-order chi connectivity index (χ0) is 9.14. The summed E-state index contributed by atoms with van der Waals surface area (Å²) in [4.78, 5) is 10.5. The minimum Gasteiger partial charge on any atom is -0.481 e. The molecule has 4 nitrogen and oxygen atoms in total. The molecule has 70 valence electrons. The highest BCUT2D eigenvalue weighted by molar-refractivity contribution is 7.79. The Kier molecular flexibility index (Phi) is 3.22. The average Bonchev–Trinajstić information content (AvgIpc) is 2.04. The second-order valence-electron chi connectivity index (χ2n) is 3.09. The van der Waals surface area contributed by atoms with E-state index in [-0.39, 0.29) is 11.2 Å². The zero-order valence-corrected chi connectivity index (χ0v) is 7.42. The van der Waals surface area contributed by atoms with Crippen LogP contribution >= 0.6 is 0 Å². The minimum atomic E-state index is -1.77. The van der Waals surface area contributed by atoms with Crippen molar-refractivity contribution in [3.05, 3.63) is 0 Å². The summed E-state index contributed by atoms with van der Waals surface area (Å²) in [7, 11) is 0. The summed E-state index contributed by atoms with van der Waals surface area (Å²) in [6.07, 6.45) is 2.18. The van der Waals surface area contributed by atoms with Gasteiger partial charge in [-0.05, 0) is 25.7 Å². The highest BCUT2D eigenvalue weighted by Gasteiger charge is 2.28. The van der Waals surface area contributed by atoms with Crippen LogP contribution in [0.3, 0.4) is 0 Å². The third kappa shape index (κ3) is 2.28. The second kappa shape index (κ2) is 4.00. The highest BCUT2D eigenvalue weighted by atomic mass is 32.2. The van der Waals surface area contributed by atoms with Gasteiger partial charge in [0.1, 0.15) is 0 Å². The van der Waals surface area contributed by atoms with Crippen molar-refractivity contribution in [3.8, 4) is 0 Å². The summed E-state index contributed by atoms with van der Waals surface area (Å²) in [5, 5.41) is 8.42. The Balaban J connectivity index is 2.39. The first-order valence-corrected chi connectivity index (χ1v) is 5.10. The maximum Gasteiger partial charge on any atom is 0.306 e. The number of rotatable bonds is 2. The first-order chi connectivity index (χ1) is 5.61. The van der Waals surface area contributed by atoms with E-state index in [1.54, 1.807) is 0 Å². The molecule has 0 spiro atoms. The Labute approximate surface area is 73.3 Å². The van der Waals surface area contributed by atoms with Crippen molar-refractivity contribution >= 4 is 17.0 Å². The molecule has 1 aliphatic carbocycles. The normalized spacial score (nSPS) is 32.8. The quantitative estimate of drug-likeness (QED) is 0.636. The molecular formula is C7H12O4S. The van der Waals surface area contributed by atoms with Gasteiger partial charge in [0.05, 0.1) is 11.2 Å². The van der Waals surface area contributed by atoms with Gasteiger partial charge in [-0.2, -0.15) is 0 Å². The van der Waals surface area contributed by atoms with Gasteiger partial charge >= 0.3 is 5.97 Å². The lowest BCUT2D eigenvalue weighted by atomic mass is 9.89. The van der Waals surface area contributed by atoms with E-state index in [9.17, 15) is 9.00 Å². The van der Waals surface area contributed by atoms with Crippen LogP contribution in [-0.4, -0.2) is 25.1 Å². The van der Waals surface area contributed by atoms with Crippen molar-refractivity contribution in [1.29, 1.82) is 0 Å². The van der Waals surface area contributed by atoms with E-state index in [1.807, 2.05) is 0 Å². The molecule has 1 unspecified atom stereocenters. The number of aliphatic carboxylic acids is 1. The van der Waals surface area contributed by atoms with Crippen LogP contribution in [-0.2, 0) is 15.9 Å². The Morgan fingerprint density at radius 2 is 1.75 bits per heavy atom. The molecule has 0 aromatic carbocycles. The first-order valence-electron chi connectivity index (χ1n) is 3.93. The standard InChI is InChI=1S/C7H12O4S/c8-7(9)5-1-3-6(4-2-5)12(10)11/h5-6H,1-4H2,(H,8,9)(H,10,11). The van der Waals surface area contributed by atoms with Gasteiger partial charge < -0.3 is 9.66 Å². The van der Waals surface area contributed by atoms with Crippen LogP contribution in [0.25, 0.3) is 0 Å². The topological polar surface area (TPSA) is 74.6 Å². The maximum absolute atomic E-state index is 10.6. The van der Waals surface area contributed by atoms with Crippen molar-refractivity contribution in [2.75, 3.05) is 0 Å². The lowest BCUT2D eigenvalue weighted by Gasteiger charge is -2.23. The SMILES string of the molecule is O=C(O)C1CCC(S(=O)O)CC1. The molecule has 1 fully saturated rings. The third-order valence-electron chi connectivity index (χ3n) is 2.31. The maximum atomic E-state index is 10.6. The van der Waals surface area contributed by atoms with Crippen LogP contribution in [0.1, 0.15) is 25.7 Å². The summed E-state index contributed by atoms with van der Waals surface area (Å²) in [6.45, 7) is 0. The average molecular weight is 192 g/mol. The summed E-state index contributed by atoms with van der Waals surface area (Å²) in [5.41, 5.74) is 0. The summed E-state index contributed by atoms with van der Waals surface area (Å²) in [6, 6.07) is 0. The van der Waals surface area contributed by atoms with E-state index in [2.05, 4.69) is 0 Å². The molecule has 1 atom stereocenters. The molecule has 0 aromatic rings. The van der Waals surface area contributed by atoms with Crippen molar-refractivity contribution in [3.63, 3.8) is 0 Å². The van der Waals surface area contributed by atoms with Gasteiger partial charge in [0, 0.05) is 0 Å². The smallest absolute Gasteiger partial charge is 0.306 e. The van der Waals surface area contributed by atoms with E-state index in [0.717, 1.165) is 0 Å². The van der Waals surface area contributed by atoms with Crippen LogP contribution in [0.15, 0.2) is 0 Å². The molecule has 0 bridgehead atoms. The van der Waals surface area contributed by atoms with Gasteiger partial charge in [-0.1, -0.05) is 0 Å². The molecule has 1 rings (SSSR count). The van der Waals surface area contributed by atoms with E-state index in [4.69, 9.17) is 9.66 Å².